The fraction of sp³-hybridized carbons (Fsp3) is 0.625. The Morgan fingerprint density at radius 2 is 2.35 bits per heavy atom. The Balaban J connectivity index is 1.78. The van der Waals surface area contributed by atoms with E-state index in [1.165, 1.54) is 28.9 Å². The fourth-order valence-corrected chi connectivity index (χ4v) is 3.43. The van der Waals surface area contributed by atoms with Crippen molar-refractivity contribution in [1.29, 1.82) is 0 Å². The molecule has 1 N–H and O–H groups in total. The molecule has 1 aliphatic heterocycles. The van der Waals surface area contributed by atoms with Crippen LogP contribution in [0.4, 0.5) is 0 Å². The van der Waals surface area contributed by atoms with Crippen molar-refractivity contribution >= 4 is 11.8 Å². The lowest BCUT2D eigenvalue weighted by molar-refractivity contribution is 0.129. The zero-order chi connectivity index (χ0) is 14.2. The van der Waals surface area contributed by atoms with E-state index in [1.54, 1.807) is 7.11 Å². The number of rotatable bonds is 8. The SMILES string of the molecule is COCCNCc1ccc(SCC2CCCO2)c(C)c1. The highest BCUT2D eigenvalue weighted by Gasteiger charge is 2.15. The molecule has 2 rings (SSSR count). The summed E-state index contributed by atoms with van der Waals surface area (Å²) in [4.78, 5) is 1.38. The largest absolute Gasteiger partial charge is 0.383 e. The normalized spacial score (nSPS) is 18.6. The second-order valence-corrected chi connectivity index (χ2v) is 6.28. The first-order valence-electron chi connectivity index (χ1n) is 7.33. The molecule has 1 aromatic carbocycles. The number of hydrogen-bond donors (Lipinski definition) is 1. The van der Waals surface area contributed by atoms with Crippen LogP contribution in [0.2, 0.25) is 0 Å². The molecule has 0 aliphatic carbocycles. The van der Waals surface area contributed by atoms with Gasteiger partial charge in [-0.2, -0.15) is 0 Å². The molecule has 1 atom stereocenters. The van der Waals surface area contributed by atoms with Crippen molar-refractivity contribution in [2.24, 2.45) is 0 Å². The molecule has 0 saturated carbocycles. The van der Waals surface area contributed by atoms with Gasteiger partial charge in [0.1, 0.15) is 0 Å². The van der Waals surface area contributed by atoms with E-state index in [9.17, 15) is 0 Å². The molecule has 0 bridgehead atoms. The number of nitrogens with one attached hydrogen (secondary N) is 1. The predicted octanol–water partition coefficient (Wildman–Crippen LogP) is 3.00. The summed E-state index contributed by atoms with van der Waals surface area (Å²) in [5.41, 5.74) is 2.69. The third-order valence-electron chi connectivity index (χ3n) is 3.50. The Labute approximate surface area is 126 Å². The van der Waals surface area contributed by atoms with E-state index in [4.69, 9.17) is 9.47 Å². The van der Waals surface area contributed by atoms with E-state index in [2.05, 4.69) is 30.4 Å². The van der Waals surface area contributed by atoms with E-state index in [0.717, 1.165) is 32.1 Å². The second kappa shape index (κ2) is 8.67. The van der Waals surface area contributed by atoms with Crippen LogP contribution in [0.5, 0.6) is 0 Å². The van der Waals surface area contributed by atoms with Gasteiger partial charge in [-0.05, 0) is 37.0 Å². The number of ether oxygens (including phenoxy) is 2. The number of methoxy groups -OCH3 is 1. The van der Waals surface area contributed by atoms with E-state index >= 15 is 0 Å². The van der Waals surface area contributed by atoms with E-state index < -0.39 is 0 Å². The van der Waals surface area contributed by atoms with Gasteiger partial charge in [-0.3, -0.25) is 0 Å². The van der Waals surface area contributed by atoms with Crippen LogP contribution in [0.15, 0.2) is 23.1 Å². The van der Waals surface area contributed by atoms with Crippen molar-refractivity contribution in [1.82, 2.24) is 5.32 Å². The molecule has 0 radical (unpaired) electrons. The number of benzene rings is 1. The first-order chi connectivity index (χ1) is 9.79. The zero-order valence-electron chi connectivity index (χ0n) is 12.5. The van der Waals surface area contributed by atoms with Gasteiger partial charge in [-0.15, -0.1) is 11.8 Å². The summed E-state index contributed by atoms with van der Waals surface area (Å²) in [6.07, 6.45) is 2.89. The fourth-order valence-electron chi connectivity index (χ4n) is 2.35. The van der Waals surface area contributed by atoms with Crippen molar-refractivity contribution in [3.05, 3.63) is 29.3 Å². The van der Waals surface area contributed by atoms with Gasteiger partial charge in [0.25, 0.3) is 0 Å². The Morgan fingerprint density at radius 3 is 3.05 bits per heavy atom. The summed E-state index contributed by atoms with van der Waals surface area (Å²) < 4.78 is 10.7. The summed E-state index contributed by atoms with van der Waals surface area (Å²) in [7, 11) is 1.73. The maximum atomic E-state index is 5.67. The van der Waals surface area contributed by atoms with Gasteiger partial charge in [0.05, 0.1) is 12.7 Å². The standard InChI is InChI=1S/C16H25NO2S/c1-13-10-14(11-17-7-9-18-2)5-6-16(13)20-12-15-4-3-8-19-15/h5-6,10,15,17H,3-4,7-9,11-12H2,1-2H3. The van der Waals surface area contributed by atoms with Crippen molar-refractivity contribution in [3.63, 3.8) is 0 Å². The lowest BCUT2D eigenvalue weighted by Gasteiger charge is -2.12. The second-order valence-electron chi connectivity index (χ2n) is 5.22. The molecule has 0 amide bonds. The lowest BCUT2D eigenvalue weighted by Crippen LogP contribution is -2.18. The van der Waals surface area contributed by atoms with Crippen LogP contribution in [0, 0.1) is 6.92 Å². The van der Waals surface area contributed by atoms with Gasteiger partial charge >= 0.3 is 0 Å². The summed E-state index contributed by atoms with van der Waals surface area (Å²) in [5, 5.41) is 3.37. The van der Waals surface area contributed by atoms with Gasteiger partial charge < -0.3 is 14.8 Å². The van der Waals surface area contributed by atoms with Gasteiger partial charge in [0, 0.05) is 37.5 Å². The van der Waals surface area contributed by atoms with E-state index in [0.29, 0.717) is 6.10 Å². The summed E-state index contributed by atoms with van der Waals surface area (Å²) in [6.45, 7) is 5.69. The van der Waals surface area contributed by atoms with Crippen LogP contribution >= 0.6 is 11.8 Å². The molecule has 3 nitrogen and oxygen atoms in total. The monoisotopic (exact) mass is 295 g/mol. The van der Waals surface area contributed by atoms with E-state index in [-0.39, 0.29) is 0 Å². The molecule has 1 fully saturated rings. The first kappa shape index (κ1) is 15.8. The molecule has 20 heavy (non-hydrogen) atoms. The number of hydrogen-bond acceptors (Lipinski definition) is 4. The predicted molar refractivity (Wildman–Crippen MR) is 84.5 cm³/mol. The van der Waals surface area contributed by atoms with Gasteiger partial charge in [0.2, 0.25) is 0 Å². The topological polar surface area (TPSA) is 30.5 Å². The average molecular weight is 295 g/mol. The Morgan fingerprint density at radius 1 is 1.45 bits per heavy atom. The quantitative estimate of drug-likeness (QED) is 0.590. The minimum Gasteiger partial charge on any atom is -0.383 e. The highest BCUT2D eigenvalue weighted by atomic mass is 32.2. The third-order valence-corrected chi connectivity index (χ3v) is 4.81. The van der Waals surface area contributed by atoms with E-state index in [1.807, 2.05) is 11.8 Å². The van der Waals surface area contributed by atoms with Crippen LogP contribution in [0.3, 0.4) is 0 Å². The molecule has 1 unspecified atom stereocenters. The van der Waals surface area contributed by atoms with Crippen LogP contribution in [-0.2, 0) is 16.0 Å². The smallest absolute Gasteiger partial charge is 0.0669 e. The maximum absolute atomic E-state index is 5.67. The highest BCUT2D eigenvalue weighted by Crippen LogP contribution is 2.27. The Hall–Kier alpha value is -0.550. The molecule has 1 aromatic rings. The molecule has 1 aliphatic rings. The molecule has 0 spiro atoms. The van der Waals surface area contributed by atoms with Crippen molar-refractivity contribution in [2.75, 3.05) is 32.6 Å². The minimum absolute atomic E-state index is 0.454. The molecule has 1 heterocycles. The van der Waals surface area contributed by atoms with Crippen LogP contribution in [0.1, 0.15) is 24.0 Å². The van der Waals surface area contributed by atoms with Crippen LogP contribution < -0.4 is 5.32 Å². The van der Waals surface area contributed by atoms with Gasteiger partial charge in [-0.25, -0.2) is 0 Å². The highest BCUT2D eigenvalue weighted by molar-refractivity contribution is 7.99. The maximum Gasteiger partial charge on any atom is 0.0669 e. The van der Waals surface area contributed by atoms with Gasteiger partial charge in [-0.1, -0.05) is 12.1 Å². The molecular weight excluding hydrogens is 270 g/mol. The van der Waals surface area contributed by atoms with Crippen LogP contribution in [0.25, 0.3) is 0 Å². The van der Waals surface area contributed by atoms with Crippen LogP contribution in [-0.4, -0.2) is 38.7 Å². The third kappa shape index (κ3) is 5.09. The summed E-state index contributed by atoms with van der Waals surface area (Å²) in [5.74, 6) is 1.08. The van der Waals surface area contributed by atoms with Crippen molar-refractivity contribution in [3.8, 4) is 0 Å². The van der Waals surface area contributed by atoms with Crippen molar-refractivity contribution < 1.29 is 9.47 Å². The molecule has 112 valence electrons. The lowest BCUT2D eigenvalue weighted by atomic mass is 10.1. The summed E-state index contributed by atoms with van der Waals surface area (Å²) >= 11 is 1.92. The molecule has 1 saturated heterocycles. The zero-order valence-corrected chi connectivity index (χ0v) is 13.3. The Kier molecular flexibility index (Phi) is 6.87. The minimum atomic E-state index is 0.454. The average Bonchev–Trinajstić information content (AvgIpc) is 2.96. The Bertz CT molecular complexity index is 405. The molecule has 4 heteroatoms. The van der Waals surface area contributed by atoms with Gasteiger partial charge in [0.15, 0.2) is 0 Å². The first-order valence-corrected chi connectivity index (χ1v) is 8.31. The number of thioether (sulfide) groups is 1. The molecule has 0 aromatic heterocycles. The van der Waals surface area contributed by atoms with Crippen molar-refractivity contribution in [2.45, 2.75) is 37.3 Å². The number of aryl methyl sites for hydroxylation is 1. The summed E-state index contributed by atoms with van der Waals surface area (Å²) in [6, 6.07) is 6.73. The molecular formula is C16H25NO2S.